The molecule has 0 saturated carbocycles. The molecule has 3 aromatic rings. The van der Waals surface area contributed by atoms with E-state index in [-0.39, 0.29) is 17.6 Å². The van der Waals surface area contributed by atoms with E-state index in [4.69, 9.17) is 0 Å². The Bertz CT molecular complexity index is 1150. The highest BCUT2D eigenvalue weighted by atomic mass is 19.1. The molecule has 1 fully saturated rings. The summed E-state index contributed by atoms with van der Waals surface area (Å²) in [6.07, 6.45) is 2.68. The average Bonchev–Trinajstić information content (AvgIpc) is 3.21. The summed E-state index contributed by atoms with van der Waals surface area (Å²) in [4.78, 5) is 26.6. The van der Waals surface area contributed by atoms with Crippen LogP contribution in [0, 0.1) is 17.7 Å². The summed E-state index contributed by atoms with van der Waals surface area (Å²) in [6.45, 7) is 0.565. The van der Waals surface area contributed by atoms with Gasteiger partial charge in [-0.15, -0.1) is 0 Å². The second-order valence-electron chi connectivity index (χ2n) is 7.71. The van der Waals surface area contributed by atoms with E-state index in [1.54, 1.807) is 29.2 Å². The molecule has 0 aliphatic carbocycles. The van der Waals surface area contributed by atoms with Crippen molar-refractivity contribution in [3.8, 4) is 0 Å². The zero-order chi connectivity index (χ0) is 20.8. The Morgan fingerprint density at radius 3 is 2.33 bits per heavy atom. The van der Waals surface area contributed by atoms with Crippen LogP contribution in [0.5, 0.6) is 0 Å². The Morgan fingerprint density at radius 2 is 1.70 bits per heavy atom. The SMILES string of the molecule is O=C1c2[c]c(=O)cnn2[C@@H](C(c2cccc(F)c2)c2cccc(F)c2)[C@H]2CCCN12. The van der Waals surface area contributed by atoms with Gasteiger partial charge in [-0.05, 0) is 48.2 Å². The van der Waals surface area contributed by atoms with Crippen LogP contribution in [-0.4, -0.2) is 33.2 Å². The molecule has 1 aromatic heterocycles. The molecule has 5 nitrogen and oxygen atoms in total. The lowest BCUT2D eigenvalue weighted by atomic mass is 9.80. The molecule has 7 heteroatoms. The summed E-state index contributed by atoms with van der Waals surface area (Å²) in [5.41, 5.74) is 0.916. The summed E-state index contributed by atoms with van der Waals surface area (Å²) < 4.78 is 29.8. The highest BCUT2D eigenvalue weighted by Gasteiger charge is 2.46. The number of aromatic nitrogens is 2. The van der Waals surface area contributed by atoms with Crippen LogP contribution in [0.3, 0.4) is 0 Å². The standard InChI is InChI=1S/C23H18F2N3O2/c24-16-6-1-4-14(10-16)21(15-5-2-7-17(25)11-15)22-19-8-3-9-27(19)23(30)20-12-18(29)13-26-28(20)22/h1-2,4-7,10-11,13,19,21-22H,3,8-9H2/t19-,22-/m1/s1. The predicted molar refractivity (Wildman–Crippen MR) is 105 cm³/mol. The summed E-state index contributed by atoms with van der Waals surface area (Å²) in [5.74, 6) is -1.55. The molecule has 1 saturated heterocycles. The number of carbonyl (C=O) groups is 1. The Morgan fingerprint density at radius 1 is 1.03 bits per heavy atom. The number of nitrogens with zero attached hydrogens (tertiary/aromatic N) is 3. The van der Waals surface area contributed by atoms with Crippen molar-refractivity contribution in [3.05, 3.63) is 99.5 Å². The van der Waals surface area contributed by atoms with E-state index in [0.29, 0.717) is 17.7 Å². The fourth-order valence-corrected chi connectivity index (χ4v) is 4.81. The Labute approximate surface area is 171 Å². The highest BCUT2D eigenvalue weighted by molar-refractivity contribution is 5.93. The van der Waals surface area contributed by atoms with Gasteiger partial charge in [0.15, 0.2) is 0 Å². The van der Waals surface area contributed by atoms with E-state index in [1.165, 1.54) is 28.9 Å². The molecule has 2 aromatic carbocycles. The number of fused-ring (bicyclic) bond motifs is 2. The van der Waals surface area contributed by atoms with Gasteiger partial charge in [-0.1, -0.05) is 24.3 Å². The number of rotatable bonds is 3. The largest absolute Gasteiger partial charge is 0.332 e. The van der Waals surface area contributed by atoms with Crippen molar-refractivity contribution < 1.29 is 13.6 Å². The van der Waals surface area contributed by atoms with Crippen LogP contribution in [0.4, 0.5) is 8.78 Å². The topological polar surface area (TPSA) is 55.2 Å². The first-order valence-corrected chi connectivity index (χ1v) is 9.86. The number of hydrogen-bond acceptors (Lipinski definition) is 3. The quantitative estimate of drug-likeness (QED) is 0.671. The van der Waals surface area contributed by atoms with Gasteiger partial charge in [-0.3, -0.25) is 14.3 Å². The van der Waals surface area contributed by atoms with Crippen LogP contribution in [-0.2, 0) is 0 Å². The third-order valence-corrected chi connectivity index (χ3v) is 5.97. The minimum Gasteiger partial charge on any atom is -0.332 e. The number of amides is 1. The molecule has 2 aliphatic heterocycles. The number of halogens is 2. The molecule has 30 heavy (non-hydrogen) atoms. The maximum atomic E-state index is 14.2. The van der Waals surface area contributed by atoms with E-state index in [2.05, 4.69) is 11.2 Å². The van der Waals surface area contributed by atoms with Gasteiger partial charge < -0.3 is 4.90 Å². The van der Waals surface area contributed by atoms with Gasteiger partial charge in [-0.25, -0.2) is 8.78 Å². The third-order valence-electron chi connectivity index (χ3n) is 5.97. The fourth-order valence-electron chi connectivity index (χ4n) is 4.81. The molecule has 0 N–H and O–H groups in total. The van der Waals surface area contributed by atoms with E-state index in [0.717, 1.165) is 19.0 Å². The van der Waals surface area contributed by atoms with Crippen LogP contribution in [0.1, 0.15) is 46.4 Å². The number of hydrogen-bond donors (Lipinski definition) is 0. The van der Waals surface area contributed by atoms with Crippen molar-refractivity contribution in [2.24, 2.45) is 0 Å². The lowest BCUT2D eigenvalue weighted by molar-refractivity contribution is 0.0571. The van der Waals surface area contributed by atoms with E-state index >= 15 is 0 Å². The molecular formula is C23H18F2N3O2. The molecular weight excluding hydrogens is 388 g/mol. The van der Waals surface area contributed by atoms with Crippen molar-refractivity contribution in [2.75, 3.05) is 6.54 Å². The second kappa shape index (κ2) is 7.16. The summed E-state index contributed by atoms with van der Waals surface area (Å²) >= 11 is 0. The van der Waals surface area contributed by atoms with Crippen molar-refractivity contribution >= 4 is 5.91 Å². The van der Waals surface area contributed by atoms with Crippen molar-refractivity contribution in [1.82, 2.24) is 14.7 Å². The van der Waals surface area contributed by atoms with E-state index < -0.39 is 29.0 Å². The fraction of sp³-hybridized carbons (Fsp3) is 0.261. The van der Waals surface area contributed by atoms with Crippen LogP contribution in [0.25, 0.3) is 0 Å². The summed E-state index contributed by atoms with van der Waals surface area (Å²) in [5, 5.41) is 4.27. The smallest absolute Gasteiger partial charge is 0.273 e. The van der Waals surface area contributed by atoms with Gasteiger partial charge in [-0.2, -0.15) is 5.10 Å². The van der Waals surface area contributed by atoms with Crippen LogP contribution in [0.15, 0.2) is 59.5 Å². The molecule has 3 heterocycles. The van der Waals surface area contributed by atoms with E-state index in [9.17, 15) is 18.4 Å². The Hall–Kier alpha value is -3.35. The molecule has 1 radical (unpaired) electrons. The minimum absolute atomic E-state index is 0.0865. The van der Waals surface area contributed by atoms with Gasteiger partial charge in [0, 0.05) is 12.5 Å². The monoisotopic (exact) mass is 406 g/mol. The maximum Gasteiger partial charge on any atom is 0.273 e. The number of carbonyl (C=O) groups excluding carboxylic acids is 1. The van der Waals surface area contributed by atoms with Crippen molar-refractivity contribution in [2.45, 2.75) is 30.8 Å². The first-order valence-electron chi connectivity index (χ1n) is 9.86. The highest BCUT2D eigenvalue weighted by Crippen LogP contribution is 2.44. The van der Waals surface area contributed by atoms with Crippen LogP contribution >= 0.6 is 0 Å². The zero-order valence-electron chi connectivity index (χ0n) is 16.0. The molecule has 2 aliphatic rings. The Balaban J connectivity index is 1.77. The first-order chi connectivity index (χ1) is 14.5. The molecule has 5 rings (SSSR count). The summed E-state index contributed by atoms with van der Waals surface area (Å²) in [6, 6.07) is 14.4. The van der Waals surface area contributed by atoms with Crippen molar-refractivity contribution in [1.29, 1.82) is 0 Å². The molecule has 2 atom stereocenters. The third kappa shape index (κ3) is 3.01. The molecule has 0 unspecified atom stereocenters. The maximum absolute atomic E-state index is 14.2. The van der Waals surface area contributed by atoms with Crippen LogP contribution < -0.4 is 5.43 Å². The minimum atomic E-state index is -0.475. The van der Waals surface area contributed by atoms with Gasteiger partial charge in [0.05, 0.1) is 24.3 Å². The molecule has 0 bridgehead atoms. The van der Waals surface area contributed by atoms with Gasteiger partial charge in [0.2, 0.25) is 5.43 Å². The normalized spacial score (nSPS) is 20.4. The van der Waals surface area contributed by atoms with E-state index in [1.807, 2.05) is 0 Å². The Kier molecular flexibility index (Phi) is 4.46. The summed E-state index contributed by atoms with van der Waals surface area (Å²) in [7, 11) is 0. The molecule has 151 valence electrons. The second-order valence-corrected chi connectivity index (χ2v) is 7.71. The van der Waals surface area contributed by atoms with Gasteiger partial charge in [0.25, 0.3) is 5.91 Å². The predicted octanol–water partition coefficient (Wildman–Crippen LogP) is 3.31. The molecule has 0 spiro atoms. The lowest BCUT2D eigenvalue weighted by Gasteiger charge is -2.42. The first kappa shape index (κ1) is 18.7. The zero-order valence-corrected chi connectivity index (χ0v) is 16.0. The van der Waals surface area contributed by atoms with Crippen LogP contribution in [0.2, 0.25) is 0 Å². The lowest BCUT2D eigenvalue weighted by Crippen LogP contribution is -2.50. The van der Waals surface area contributed by atoms with Gasteiger partial charge >= 0.3 is 0 Å². The molecule has 1 amide bonds. The van der Waals surface area contributed by atoms with Gasteiger partial charge in [0.1, 0.15) is 17.3 Å². The average molecular weight is 406 g/mol. The number of benzene rings is 2. The van der Waals surface area contributed by atoms with Crippen molar-refractivity contribution in [3.63, 3.8) is 0 Å².